The van der Waals surface area contributed by atoms with Crippen molar-refractivity contribution in [2.24, 2.45) is 0 Å². The highest BCUT2D eigenvalue weighted by atomic mass is 28.3. The van der Waals surface area contributed by atoms with Crippen LogP contribution < -0.4 is 0 Å². The van der Waals surface area contributed by atoms with Crippen LogP contribution in [0.3, 0.4) is 0 Å². The Hall–Kier alpha value is -2.44. The Morgan fingerprint density at radius 1 is 1.08 bits per heavy atom. The molecule has 0 aliphatic carbocycles. The van der Waals surface area contributed by atoms with Crippen LogP contribution in [-0.4, -0.2) is 24.2 Å². The van der Waals surface area contributed by atoms with Gasteiger partial charge in [-0.3, -0.25) is 10.1 Å². The zero-order valence-corrected chi connectivity index (χ0v) is 16.4. The predicted molar refractivity (Wildman–Crippen MR) is 108 cm³/mol. The van der Waals surface area contributed by atoms with Gasteiger partial charge in [0.25, 0.3) is 5.69 Å². The third-order valence-electron chi connectivity index (χ3n) is 4.38. The van der Waals surface area contributed by atoms with E-state index in [2.05, 4.69) is 24.2 Å². The summed E-state index contributed by atoms with van der Waals surface area (Å²) in [5.74, 6) is 0. The number of aromatic nitrogens is 1. The fourth-order valence-electron chi connectivity index (χ4n) is 2.89. The summed E-state index contributed by atoms with van der Waals surface area (Å²) in [6.45, 7) is 8.16. The van der Waals surface area contributed by atoms with Gasteiger partial charge in [0.05, 0.1) is 16.1 Å². The summed E-state index contributed by atoms with van der Waals surface area (Å²) >= 11 is 0. The molecule has 6 heteroatoms. The maximum atomic E-state index is 11.1. The molecule has 0 aliphatic rings. The third-order valence-corrected chi connectivity index (χ3v) is 6.09. The molecule has 5 nitrogen and oxygen atoms in total. The van der Waals surface area contributed by atoms with Gasteiger partial charge in [-0.15, -0.1) is 0 Å². The number of nitro benzene ring substituents is 1. The van der Waals surface area contributed by atoms with Crippen LogP contribution in [0.15, 0.2) is 54.6 Å². The smallest absolute Gasteiger partial charge is 0.270 e. The Kier molecular flexibility index (Phi) is 5.25. The molecule has 0 radical (unpaired) electrons. The molecule has 136 valence electrons. The highest BCUT2D eigenvalue weighted by Gasteiger charge is 2.15. The summed E-state index contributed by atoms with van der Waals surface area (Å²) < 4.78 is 8.06. The Morgan fingerprint density at radius 3 is 2.46 bits per heavy atom. The number of benzene rings is 2. The van der Waals surface area contributed by atoms with E-state index in [4.69, 9.17) is 4.74 Å². The first-order chi connectivity index (χ1) is 12.3. The average molecular weight is 369 g/mol. The summed E-state index contributed by atoms with van der Waals surface area (Å²) in [6.07, 6.45) is 0. The first-order valence-electron chi connectivity index (χ1n) is 8.76. The molecule has 0 unspecified atom stereocenters. The molecular formula is C20H24N2O3Si. The van der Waals surface area contributed by atoms with E-state index in [-0.39, 0.29) is 10.6 Å². The molecule has 0 N–H and O–H groups in total. The molecule has 0 amide bonds. The molecule has 3 rings (SSSR count). The lowest BCUT2D eigenvalue weighted by molar-refractivity contribution is -0.384. The van der Waals surface area contributed by atoms with Crippen molar-refractivity contribution in [3.05, 3.63) is 64.7 Å². The van der Waals surface area contributed by atoms with Gasteiger partial charge in [-0.05, 0) is 23.7 Å². The van der Waals surface area contributed by atoms with Gasteiger partial charge in [-0.1, -0.05) is 50.0 Å². The Morgan fingerprint density at radius 2 is 1.81 bits per heavy atom. The number of nitro groups is 1. The largest absolute Gasteiger partial charge is 0.361 e. The monoisotopic (exact) mass is 368 g/mol. The molecule has 2 aromatic carbocycles. The van der Waals surface area contributed by atoms with Crippen molar-refractivity contribution in [1.29, 1.82) is 0 Å². The van der Waals surface area contributed by atoms with E-state index >= 15 is 0 Å². The molecule has 1 aromatic heterocycles. The van der Waals surface area contributed by atoms with Gasteiger partial charge in [0.1, 0.15) is 6.73 Å². The van der Waals surface area contributed by atoms with Crippen molar-refractivity contribution >= 4 is 24.7 Å². The van der Waals surface area contributed by atoms with Crippen molar-refractivity contribution in [1.82, 2.24) is 4.57 Å². The summed E-state index contributed by atoms with van der Waals surface area (Å²) in [7, 11) is -1.14. The quantitative estimate of drug-likeness (QED) is 0.238. The summed E-state index contributed by atoms with van der Waals surface area (Å²) in [5.41, 5.74) is 3.13. The normalized spacial score (nSPS) is 11.8. The van der Waals surface area contributed by atoms with E-state index in [1.807, 2.05) is 42.5 Å². The topological polar surface area (TPSA) is 57.3 Å². The number of non-ortho nitro benzene ring substituents is 1. The van der Waals surface area contributed by atoms with Crippen LogP contribution in [0, 0.1) is 10.1 Å². The Balaban J connectivity index is 1.96. The first kappa shape index (κ1) is 18.4. The molecule has 0 fully saturated rings. The maximum absolute atomic E-state index is 11.1. The van der Waals surface area contributed by atoms with Gasteiger partial charge in [-0.2, -0.15) is 0 Å². The van der Waals surface area contributed by atoms with Gasteiger partial charge in [0, 0.05) is 32.2 Å². The van der Waals surface area contributed by atoms with E-state index in [0.717, 1.165) is 34.8 Å². The Bertz CT molecular complexity index is 914. The molecule has 0 atom stereocenters. The second-order valence-electron chi connectivity index (χ2n) is 7.67. The third kappa shape index (κ3) is 4.20. The number of hydrogen-bond acceptors (Lipinski definition) is 3. The first-order valence-corrected chi connectivity index (χ1v) is 12.5. The maximum Gasteiger partial charge on any atom is 0.270 e. The zero-order valence-electron chi connectivity index (χ0n) is 15.4. The van der Waals surface area contributed by atoms with Gasteiger partial charge in [-0.25, -0.2) is 0 Å². The van der Waals surface area contributed by atoms with Crippen LogP contribution in [0.1, 0.15) is 0 Å². The fourth-order valence-corrected chi connectivity index (χ4v) is 3.65. The van der Waals surface area contributed by atoms with Crippen molar-refractivity contribution in [3.63, 3.8) is 0 Å². The van der Waals surface area contributed by atoms with E-state index < -0.39 is 8.07 Å². The van der Waals surface area contributed by atoms with E-state index in [9.17, 15) is 10.1 Å². The SMILES string of the molecule is C[Si](C)(C)CCOCn1c(-c2ccccc2)cc2cc([N+](=O)[O-])ccc21. The molecule has 0 spiro atoms. The molecule has 1 heterocycles. The lowest BCUT2D eigenvalue weighted by atomic mass is 10.1. The molecule has 3 aromatic rings. The minimum atomic E-state index is -1.14. The molecule has 0 bridgehead atoms. The lowest BCUT2D eigenvalue weighted by Crippen LogP contribution is -2.22. The predicted octanol–water partition coefficient (Wildman–Crippen LogP) is 5.53. The lowest BCUT2D eigenvalue weighted by Gasteiger charge is -2.17. The van der Waals surface area contributed by atoms with Crippen molar-refractivity contribution in [2.75, 3.05) is 6.61 Å². The highest BCUT2D eigenvalue weighted by Crippen LogP contribution is 2.30. The summed E-state index contributed by atoms with van der Waals surface area (Å²) in [4.78, 5) is 10.7. The van der Waals surface area contributed by atoms with Gasteiger partial charge in [0.15, 0.2) is 0 Å². The second kappa shape index (κ2) is 7.43. The molecular weight excluding hydrogens is 344 g/mol. The van der Waals surface area contributed by atoms with Gasteiger partial charge >= 0.3 is 0 Å². The number of hydrogen-bond donors (Lipinski definition) is 0. The van der Waals surface area contributed by atoms with E-state index in [0.29, 0.717) is 6.73 Å². The van der Waals surface area contributed by atoms with Crippen molar-refractivity contribution < 1.29 is 9.66 Å². The zero-order chi connectivity index (χ0) is 18.7. The number of nitrogens with zero attached hydrogens (tertiary/aromatic N) is 2. The number of rotatable bonds is 7. The second-order valence-corrected chi connectivity index (χ2v) is 13.3. The molecule has 0 saturated heterocycles. The Labute approximate surface area is 154 Å². The molecule has 0 aliphatic heterocycles. The summed E-state index contributed by atoms with van der Waals surface area (Å²) in [5, 5.41) is 11.9. The minimum absolute atomic E-state index is 0.105. The van der Waals surface area contributed by atoms with Crippen LogP contribution in [0.25, 0.3) is 22.2 Å². The van der Waals surface area contributed by atoms with Crippen LogP contribution in [0.2, 0.25) is 25.7 Å². The van der Waals surface area contributed by atoms with E-state index in [1.54, 1.807) is 12.1 Å². The van der Waals surface area contributed by atoms with Crippen LogP contribution >= 0.6 is 0 Å². The van der Waals surface area contributed by atoms with Crippen LogP contribution in [-0.2, 0) is 11.5 Å². The standard InChI is InChI=1S/C20H24N2O3Si/c1-26(2,3)12-11-25-15-21-19-10-9-18(22(23)24)13-17(19)14-20(21)16-7-5-4-6-8-16/h4-10,13-14H,11-12,15H2,1-3H3. The average Bonchev–Trinajstić information content (AvgIpc) is 2.96. The minimum Gasteiger partial charge on any atom is -0.361 e. The van der Waals surface area contributed by atoms with E-state index in [1.165, 1.54) is 0 Å². The van der Waals surface area contributed by atoms with Gasteiger partial charge < -0.3 is 9.30 Å². The van der Waals surface area contributed by atoms with Crippen LogP contribution in [0.5, 0.6) is 0 Å². The number of ether oxygens (including phenoxy) is 1. The fraction of sp³-hybridized carbons (Fsp3) is 0.300. The van der Waals surface area contributed by atoms with Crippen molar-refractivity contribution in [2.45, 2.75) is 32.4 Å². The number of fused-ring (bicyclic) bond motifs is 1. The van der Waals surface area contributed by atoms with Crippen molar-refractivity contribution in [3.8, 4) is 11.3 Å². The molecule has 0 saturated carbocycles. The molecule has 26 heavy (non-hydrogen) atoms. The summed E-state index contributed by atoms with van der Waals surface area (Å²) in [6, 6.07) is 18.1. The van der Waals surface area contributed by atoms with Crippen LogP contribution in [0.4, 0.5) is 5.69 Å². The van der Waals surface area contributed by atoms with Gasteiger partial charge in [0.2, 0.25) is 0 Å². The highest BCUT2D eigenvalue weighted by molar-refractivity contribution is 6.76.